The Balaban J connectivity index is 1.73. The van der Waals surface area contributed by atoms with Gasteiger partial charge in [-0.1, -0.05) is 22.0 Å². The first-order valence-corrected chi connectivity index (χ1v) is 7.04. The molecular weight excluding hydrogens is 288 g/mol. The summed E-state index contributed by atoms with van der Waals surface area (Å²) in [4.78, 5) is 4.14. The summed E-state index contributed by atoms with van der Waals surface area (Å²) in [5, 5.41) is 3.56. The second-order valence-corrected chi connectivity index (χ2v) is 5.65. The molecule has 1 atom stereocenters. The summed E-state index contributed by atoms with van der Waals surface area (Å²) in [7, 11) is 0. The van der Waals surface area contributed by atoms with Crippen LogP contribution < -0.4 is 5.32 Å². The molecule has 2 nitrogen and oxygen atoms in total. The van der Waals surface area contributed by atoms with Crippen molar-refractivity contribution >= 4 is 21.6 Å². The van der Waals surface area contributed by atoms with Gasteiger partial charge < -0.3 is 5.32 Å². The van der Waals surface area contributed by atoms with Gasteiger partial charge in [-0.25, -0.2) is 0 Å². The van der Waals surface area contributed by atoms with Gasteiger partial charge in [0.1, 0.15) is 0 Å². The lowest BCUT2D eigenvalue weighted by Crippen LogP contribution is -2.27. The van der Waals surface area contributed by atoms with E-state index in [9.17, 15) is 0 Å². The van der Waals surface area contributed by atoms with Crippen LogP contribution in [0.1, 0.15) is 17.5 Å². The molecule has 3 rings (SSSR count). The lowest BCUT2D eigenvalue weighted by molar-refractivity contribution is 0.610. The van der Waals surface area contributed by atoms with Crippen molar-refractivity contribution in [3.8, 4) is 0 Å². The zero-order valence-electron chi connectivity index (χ0n) is 10.1. The van der Waals surface area contributed by atoms with E-state index in [1.165, 1.54) is 22.0 Å². The molecule has 1 aromatic heterocycles. The second-order valence-electron chi connectivity index (χ2n) is 4.74. The van der Waals surface area contributed by atoms with Gasteiger partial charge in [-0.15, -0.1) is 0 Å². The van der Waals surface area contributed by atoms with Gasteiger partial charge in [0.05, 0.1) is 5.69 Å². The first-order valence-electron chi connectivity index (χ1n) is 6.25. The van der Waals surface area contributed by atoms with Gasteiger partial charge in [-0.05, 0) is 54.7 Å². The number of halogens is 1. The Morgan fingerprint density at radius 3 is 3.00 bits per heavy atom. The van der Waals surface area contributed by atoms with E-state index in [0.717, 1.165) is 18.5 Å². The summed E-state index contributed by atoms with van der Waals surface area (Å²) in [5.74, 6) is 0. The molecule has 0 fully saturated rings. The van der Waals surface area contributed by atoms with Gasteiger partial charge >= 0.3 is 0 Å². The molecule has 0 amide bonds. The number of nitrogens with one attached hydrogen (secondary N) is 1. The summed E-state index contributed by atoms with van der Waals surface area (Å²) in [5.41, 5.74) is 4.06. The average Bonchev–Trinajstić information content (AvgIpc) is 2.40. The molecule has 3 heteroatoms. The van der Waals surface area contributed by atoms with E-state index in [1.54, 1.807) is 6.20 Å². The molecule has 18 heavy (non-hydrogen) atoms. The van der Waals surface area contributed by atoms with Crippen LogP contribution in [-0.2, 0) is 12.8 Å². The van der Waals surface area contributed by atoms with E-state index < -0.39 is 0 Å². The monoisotopic (exact) mass is 302 g/mol. The topological polar surface area (TPSA) is 24.9 Å². The number of fused-ring (bicyclic) bond motifs is 1. The Labute approximate surface area is 116 Å². The minimum atomic E-state index is 0.517. The molecule has 0 aliphatic heterocycles. The highest BCUT2D eigenvalue weighted by molar-refractivity contribution is 9.10. The highest BCUT2D eigenvalue weighted by atomic mass is 79.9. The first kappa shape index (κ1) is 11.7. The Hall–Kier alpha value is -1.35. The quantitative estimate of drug-likeness (QED) is 0.912. The van der Waals surface area contributed by atoms with Crippen LogP contribution in [0.15, 0.2) is 47.2 Å². The van der Waals surface area contributed by atoms with Crippen LogP contribution in [0.3, 0.4) is 0 Å². The van der Waals surface area contributed by atoms with E-state index >= 15 is 0 Å². The van der Waals surface area contributed by atoms with Gasteiger partial charge in [-0.3, -0.25) is 4.98 Å². The highest BCUT2D eigenvalue weighted by Gasteiger charge is 2.18. The van der Waals surface area contributed by atoms with E-state index in [-0.39, 0.29) is 0 Å². The maximum Gasteiger partial charge on any atom is 0.0528 e. The van der Waals surface area contributed by atoms with E-state index in [1.807, 2.05) is 12.3 Å². The molecule has 0 saturated carbocycles. The number of benzene rings is 1. The van der Waals surface area contributed by atoms with Crippen LogP contribution in [0.5, 0.6) is 0 Å². The third-order valence-electron chi connectivity index (χ3n) is 3.43. The summed E-state index contributed by atoms with van der Waals surface area (Å²) in [6.45, 7) is 0. The summed E-state index contributed by atoms with van der Waals surface area (Å²) >= 11 is 3.54. The summed E-state index contributed by atoms with van der Waals surface area (Å²) in [6.07, 6.45) is 7.11. The summed E-state index contributed by atoms with van der Waals surface area (Å²) < 4.78 is 1.18. The van der Waals surface area contributed by atoms with Gasteiger partial charge in [0, 0.05) is 22.9 Å². The van der Waals surface area contributed by atoms with Crippen molar-refractivity contribution in [2.24, 2.45) is 0 Å². The molecule has 2 aromatic rings. The minimum Gasteiger partial charge on any atom is -0.381 e. The van der Waals surface area contributed by atoms with Gasteiger partial charge in [0.15, 0.2) is 0 Å². The average molecular weight is 303 g/mol. The van der Waals surface area contributed by atoms with Crippen molar-refractivity contribution in [2.75, 3.05) is 5.32 Å². The molecule has 0 saturated heterocycles. The zero-order chi connectivity index (χ0) is 12.4. The SMILES string of the molecule is Brc1ccc2c(c1)CCC(Nc1cccnc1)C2. The van der Waals surface area contributed by atoms with Crippen molar-refractivity contribution < 1.29 is 0 Å². The molecular formula is C15H15BrN2. The van der Waals surface area contributed by atoms with Crippen LogP contribution in [0, 0.1) is 0 Å². The number of nitrogens with zero attached hydrogens (tertiary/aromatic N) is 1. The third-order valence-corrected chi connectivity index (χ3v) is 3.92. The lowest BCUT2D eigenvalue weighted by Gasteiger charge is -2.26. The maximum atomic E-state index is 4.14. The predicted molar refractivity (Wildman–Crippen MR) is 77.8 cm³/mol. The van der Waals surface area contributed by atoms with Crippen molar-refractivity contribution in [1.82, 2.24) is 4.98 Å². The van der Waals surface area contributed by atoms with Gasteiger partial charge in [0.25, 0.3) is 0 Å². The van der Waals surface area contributed by atoms with Crippen molar-refractivity contribution in [3.05, 3.63) is 58.3 Å². The normalized spacial score (nSPS) is 18.2. The largest absolute Gasteiger partial charge is 0.381 e. The number of aromatic nitrogens is 1. The number of hydrogen-bond donors (Lipinski definition) is 1. The molecule has 1 aromatic carbocycles. The molecule has 1 heterocycles. The molecule has 0 radical (unpaired) electrons. The Kier molecular flexibility index (Phi) is 3.33. The fraction of sp³-hybridized carbons (Fsp3) is 0.267. The number of rotatable bonds is 2. The first-order chi connectivity index (χ1) is 8.81. The number of anilines is 1. The Bertz CT molecular complexity index is 539. The Morgan fingerprint density at radius 2 is 2.17 bits per heavy atom. The smallest absolute Gasteiger partial charge is 0.0528 e. The van der Waals surface area contributed by atoms with E-state index in [4.69, 9.17) is 0 Å². The van der Waals surface area contributed by atoms with Crippen LogP contribution in [-0.4, -0.2) is 11.0 Å². The number of aryl methyl sites for hydroxylation is 1. The van der Waals surface area contributed by atoms with Crippen LogP contribution in [0.25, 0.3) is 0 Å². The van der Waals surface area contributed by atoms with E-state index in [2.05, 4.69) is 50.5 Å². The molecule has 1 unspecified atom stereocenters. The molecule has 1 N–H and O–H groups in total. The second kappa shape index (κ2) is 5.11. The lowest BCUT2D eigenvalue weighted by atomic mass is 9.88. The number of hydrogen-bond acceptors (Lipinski definition) is 2. The molecule has 0 bridgehead atoms. The molecule has 1 aliphatic rings. The Morgan fingerprint density at radius 1 is 1.22 bits per heavy atom. The fourth-order valence-electron chi connectivity index (χ4n) is 2.53. The number of pyridine rings is 1. The zero-order valence-corrected chi connectivity index (χ0v) is 11.7. The molecule has 92 valence electrons. The highest BCUT2D eigenvalue weighted by Crippen LogP contribution is 2.26. The molecule has 0 spiro atoms. The van der Waals surface area contributed by atoms with Crippen LogP contribution in [0.2, 0.25) is 0 Å². The minimum absolute atomic E-state index is 0.517. The van der Waals surface area contributed by atoms with Crippen molar-refractivity contribution in [3.63, 3.8) is 0 Å². The van der Waals surface area contributed by atoms with Gasteiger partial charge in [-0.2, -0.15) is 0 Å². The van der Waals surface area contributed by atoms with Crippen LogP contribution in [0.4, 0.5) is 5.69 Å². The van der Waals surface area contributed by atoms with Gasteiger partial charge in [0.2, 0.25) is 0 Å². The van der Waals surface area contributed by atoms with Crippen LogP contribution >= 0.6 is 15.9 Å². The maximum absolute atomic E-state index is 4.14. The fourth-order valence-corrected chi connectivity index (χ4v) is 2.94. The summed E-state index contributed by atoms with van der Waals surface area (Å²) in [6, 6.07) is 11.2. The van der Waals surface area contributed by atoms with Crippen molar-refractivity contribution in [1.29, 1.82) is 0 Å². The standard InChI is InChI=1S/C15H15BrN2/c16-13-5-3-12-9-14(6-4-11(12)8-13)18-15-2-1-7-17-10-15/h1-3,5,7-8,10,14,18H,4,6,9H2. The predicted octanol–water partition coefficient (Wildman–Crippen LogP) is 3.81. The van der Waals surface area contributed by atoms with Crippen molar-refractivity contribution in [2.45, 2.75) is 25.3 Å². The molecule has 1 aliphatic carbocycles. The van der Waals surface area contributed by atoms with E-state index in [0.29, 0.717) is 6.04 Å². The third kappa shape index (κ3) is 2.56.